The van der Waals surface area contributed by atoms with E-state index >= 15 is 8.78 Å². The van der Waals surface area contributed by atoms with E-state index in [9.17, 15) is 23.1 Å². The molecule has 3 saturated carbocycles. The molecule has 4 aliphatic carbocycles. The van der Waals surface area contributed by atoms with Crippen molar-refractivity contribution in [2.45, 2.75) is 49.7 Å². The number of fused-ring (bicyclic) bond motifs is 9. The average molecular weight is 408 g/mol. The SMILES string of the molecule is CC(=O)OC1(C2CC3CC2C2C4C=CC(C4)C32)COC(O)(C(F)(F)F)C1(F)F. The number of hydrogen-bond donors (Lipinski definition) is 1. The minimum Gasteiger partial charge on any atom is -0.450 e. The molecule has 0 radical (unpaired) electrons. The second kappa shape index (κ2) is 5.28. The van der Waals surface area contributed by atoms with Crippen LogP contribution in [-0.2, 0) is 14.3 Å². The predicted molar refractivity (Wildman–Crippen MR) is 83.8 cm³/mol. The van der Waals surface area contributed by atoms with E-state index in [0.29, 0.717) is 18.3 Å². The molecule has 4 nitrogen and oxygen atoms in total. The third-order valence-corrected chi connectivity index (χ3v) is 8.03. The molecule has 5 aliphatic rings. The van der Waals surface area contributed by atoms with Gasteiger partial charge in [0.15, 0.2) is 0 Å². The van der Waals surface area contributed by atoms with Crippen molar-refractivity contribution in [1.29, 1.82) is 0 Å². The van der Waals surface area contributed by atoms with Gasteiger partial charge < -0.3 is 14.6 Å². The number of ether oxygens (including phenoxy) is 2. The Balaban J connectivity index is 1.56. The molecule has 1 aliphatic heterocycles. The molecule has 0 aromatic carbocycles. The van der Waals surface area contributed by atoms with E-state index in [1.54, 1.807) is 0 Å². The highest BCUT2D eigenvalue weighted by molar-refractivity contribution is 5.67. The molecule has 0 amide bonds. The number of carbonyl (C=O) groups excluding carboxylic acids is 1. The number of hydrogen-bond acceptors (Lipinski definition) is 4. The number of halogens is 5. The van der Waals surface area contributed by atoms with Gasteiger partial charge in [-0.15, -0.1) is 0 Å². The minimum absolute atomic E-state index is 0.113. The molecule has 9 heteroatoms. The maximum absolute atomic E-state index is 15.3. The summed E-state index contributed by atoms with van der Waals surface area (Å²) >= 11 is 0. The Hall–Kier alpha value is -1.22. The predicted octanol–water partition coefficient (Wildman–Crippen LogP) is 3.30. The van der Waals surface area contributed by atoms with Crippen LogP contribution >= 0.6 is 0 Å². The molecular weight excluding hydrogens is 387 g/mol. The van der Waals surface area contributed by atoms with Crippen LogP contribution < -0.4 is 0 Å². The Bertz CT molecular complexity index is 751. The van der Waals surface area contributed by atoms with Crippen molar-refractivity contribution in [2.75, 3.05) is 6.61 Å². The lowest BCUT2D eigenvalue weighted by Gasteiger charge is -2.47. The van der Waals surface area contributed by atoms with E-state index < -0.39 is 42.0 Å². The lowest BCUT2D eigenvalue weighted by Crippen LogP contribution is -2.67. The van der Waals surface area contributed by atoms with Crippen LogP contribution in [0, 0.1) is 41.4 Å². The van der Waals surface area contributed by atoms with Gasteiger partial charge in [0, 0.05) is 12.8 Å². The fourth-order valence-electron chi connectivity index (χ4n) is 7.26. The maximum Gasteiger partial charge on any atom is 0.449 e. The van der Waals surface area contributed by atoms with E-state index in [4.69, 9.17) is 4.74 Å². The molecule has 0 spiro atoms. The van der Waals surface area contributed by atoms with Crippen molar-refractivity contribution in [3.05, 3.63) is 12.2 Å². The van der Waals surface area contributed by atoms with Gasteiger partial charge in [-0.2, -0.15) is 22.0 Å². The molecule has 0 aromatic heterocycles. The molecule has 0 aromatic rings. The molecule has 5 rings (SSSR count). The number of esters is 1. The van der Waals surface area contributed by atoms with E-state index in [2.05, 4.69) is 16.9 Å². The monoisotopic (exact) mass is 408 g/mol. The molecule has 1 N–H and O–H groups in total. The third-order valence-electron chi connectivity index (χ3n) is 8.03. The summed E-state index contributed by atoms with van der Waals surface area (Å²) in [6, 6.07) is 0. The molecule has 4 bridgehead atoms. The molecule has 4 fully saturated rings. The lowest BCUT2D eigenvalue weighted by atomic mass is 9.63. The molecule has 1 heterocycles. The molecule has 9 unspecified atom stereocenters. The second-order valence-electron chi connectivity index (χ2n) is 9.09. The van der Waals surface area contributed by atoms with Crippen LogP contribution in [0.3, 0.4) is 0 Å². The van der Waals surface area contributed by atoms with E-state index in [1.165, 1.54) is 0 Å². The summed E-state index contributed by atoms with van der Waals surface area (Å²) in [6.07, 6.45) is 0.362. The van der Waals surface area contributed by atoms with Crippen molar-refractivity contribution in [3.8, 4) is 0 Å². The zero-order chi connectivity index (χ0) is 20.3. The first-order valence-corrected chi connectivity index (χ1v) is 9.62. The van der Waals surface area contributed by atoms with Gasteiger partial charge in [0.05, 0.1) is 6.61 Å². The topological polar surface area (TPSA) is 55.8 Å². The molecule has 9 atom stereocenters. The maximum atomic E-state index is 15.3. The van der Waals surface area contributed by atoms with Gasteiger partial charge in [-0.1, -0.05) is 12.2 Å². The second-order valence-corrected chi connectivity index (χ2v) is 9.09. The summed E-state index contributed by atoms with van der Waals surface area (Å²) in [7, 11) is 0. The first-order chi connectivity index (χ1) is 12.9. The summed E-state index contributed by atoms with van der Waals surface area (Å²) in [5.74, 6) is -10.6. The van der Waals surface area contributed by atoms with E-state index in [1.807, 2.05) is 0 Å². The summed E-state index contributed by atoms with van der Waals surface area (Å²) in [6.45, 7) is -0.288. The number of aliphatic hydroxyl groups is 1. The van der Waals surface area contributed by atoms with Crippen molar-refractivity contribution in [1.82, 2.24) is 0 Å². The van der Waals surface area contributed by atoms with Gasteiger partial charge >= 0.3 is 23.9 Å². The average Bonchev–Trinajstić information content (AvgIpc) is 3.35. The standard InChI is InChI=1S/C19H21F5O4/c1-8(25)28-16(7-27-18(26,17(16,20)21)19(22,23)24)13-6-11-5-12(13)15-10-3-2-9(4-10)14(11)15/h2-3,9-15,26H,4-7H2,1H3. The summed E-state index contributed by atoms with van der Waals surface area (Å²) in [5, 5.41) is 9.83. The van der Waals surface area contributed by atoms with E-state index in [-0.39, 0.29) is 30.1 Å². The van der Waals surface area contributed by atoms with Gasteiger partial charge in [0.2, 0.25) is 5.60 Å². The normalized spacial score (nSPS) is 53.0. The van der Waals surface area contributed by atoms with E-state index in [0.717, 1.165) is 13.3 Å². The molecule has 156 valence electrons. The Morgan fingerprint density at radius 1 is 1.14 bits per heavy atom. The zero-order valence-corrected chi connectivity index (χ0v) is 15.1. The fourth-order valence-corrected chi connectivity index (χ4v) is 7.26. The summed E-state index contributed by atoms with van der Waals surface area (Å²) in [5.41, 5.74) is -2.82. The largest absolute Gasteiger partial charge is 0.450 e. The first-order valence-electron chi connectivity index (χ1n) is 9.62. The lowest BCUT2D eigenvalue weighted by molar-refractivity contribution is -0.412. The Morgan fingerprint density at radius 3 is 2.36 bits per heavy atom. The van der Waals surface area contributed by atoms with Gasteiger partial charge in [-0.05, 0) is 54.8 Å². The molecular formula is C19H21F5O4. The quantitative estimate of drug-likeness (QED) is 0.330. The van der Waals surface area contributed by atoms with Gasteiger partial charge in [0.25, 0.3) is 0 Å². The van der Waals surface area contributed by atoms with Crippen molar-refractivity contribution < 1.29 is 41.3 Å². The molecule has 1 saturated heterocycles. The minimum atomic E-state index is -5.73. The Kier molecular flexibility index (Phi) is 3.54. The number of allylic oxidation sites excluding steroid dienone is 2. The van der Waals surface area contributed by atoms with Crippen LogP contribution in [0.5, 0.6) is 0 Å². The number of carbonyl (C=O) groups is 1. The smallest absolute Gasteiger partial charge is 0.449 e. The zero-order valence-electron chi connectivity index (χ0n) is 15.1. The van der Waals surface area contributed by atoms with Crippen LogP contribution in [-0.4, -0.2) is 41.2 Å². The summed E-state index contributed by atoms with van der Waals surface area (Å²) in [4.78, 5) is 11.7. The van der Waals surface area contributed by atoms with Crippen LogP contribution in [0.15, 0.2) is 12.2 Å². The third kappa shape index (κ3) is 1.95. The highest BCUT2D eigenvalue weighted by Crippen LogP contribution is 2.71. The van der Waals surface area contributed by atoms with Gasteiger partial charge in [-0.25, -0.2) is 0 Å². The Morgan fingerprint density at radius 2 is 1.79 bits per heavy atom. The Labute approximate surface area is 158 Å². The van der Waals surface area contributed by atoms with Crippen LogP contribution in [0.4, 0.5) is 22.0 Å². The summed E-state index contributed by atoms with van der Waals surface area (Å²) < 4.78 is 79.9. The molecule has 28 heavy (non-hydrogen) atoms. The van der Waals surface area contributed by atoms with Gasteiger partial charge in [-0.3, -0.25) is 4.79 Å². The van der Waals surface area contributed by atoms with Gasteiger partial charge in [0.1, 0.15) is 0 Å². The highest BCUT2D eigenvalue weighted by Gasteiger charge is 2.86. The van der Waals surface area contributed by atoms with Crippen molar-refractivity contribution >= 4 is 5.97 Å². The fraction of sp³-hybridized carbons (Fsp3) is 0.842. The number of rotatable bonds is 2. The number of alkyl halides is 5. The first kappa shape index (κ1) is 18.8. The van der Waals surface area contributed by atoms with Crippen LogP contribution in [0.1, 0.15) is 26.2 Å². The highest BCUT2D eigenvalue weighted by atomic mass is 19.4. The van der Waals surface area contributed by atoms with Crippen molar-refractivity contribution in [2.24, 2.45) is 41.4 Å². The van der Waals surface area contributed by atoms with Crippen LogP contribution in [0.25, 0.3) is 0 Å². The van der Waals surface area contributed by atoms with Crippen molar-refractivity contribution in [3.63, 3.8) is 0 Å². The van der Waals surface area contributed by atoms with Crippen LogP contribution in [0.2, 0.25) is 0 Å².